The average molecular weight is 255 g/mol. The summed E-state index contributed by atoms with van der Waals surface area (Å²) in [6.45, 7) is 4.75. The number of halogens is 1. The monoisotopic (exact) mass is 255 g/mol. The number of hydrogen-bond donors (Lipinski definition) is 1. The molecule has 1 nitrogen and oxygen atoms in total. The minimum absolute atomic E-state index is 0.0660. The molecule has 1 N–H and O–H groups in total. The standard InChI is InChI=1S/C17H18FN/c1-11-7-12(2)17(15(18)8-11)14-9-13-5-3-4-6-16(13)19-10-14/h3-8,14,19H,9-10H2,1-2H3. The highest BCUT2D eigenvalue weighted by Gasteiger charge is 2.23. The Morgan fingerprint density at radius 3 is 2.74 bits per heavy atom. The smallest absolute Gasteiger partial charge is 0.127 e. The number of para-hydroxylation sites is 1. The lowest BCUT2D eigenvalue weighted by Crippen LogP contribution is -2.23. The van der Waals surface area contributed by atoms with Gasteiger partial charge < -0.3 is 5.32 Å². The minimum atomic E-state index is -0.0660. The summed E-state index contributed by atoms with van der Waals surface area (Å²) in [5.41, 5.74) is 5.38. The molecule has 0 bridgehead atoms. The van der Waals surface area contributed by atoms with E-state index in [1.165, 1.54) is 11.3 Å². The Labute approximate surface area is 113 Å². The first-order valence-electron chi connectivity index (χ1n) is 6.73. The fourth-order valence-corrected chi connectivity index (χ4v) is 3.09. The van der Waals surface area contributed by atoms with E-state index in [1.54, 1.807) is 6.07 Å². The summed E-state index contributed by atoms with van der Waals surface area (Å²) < 4.78 is 14.2. The van der Waals surface area contributed by atoms with Gasteiger partial charge in [-0.3, -0.25) is 0 Å². The average Bonchev–Trinajstić information content (AvgIpc) is 2.37. The van der Waals surface area contributed by atoms with Gasteiger partial charge in [0.05, 0.1) is 0 Å². The third-order valence-corrected chi connectivity index (χ3v) is 3.91. The van der Waals surface area contributed by atoms with Crippen LogP contribution in [0.3, 0.4) is 0 Å². The summed E-state index contributed by atoms with van der Waals surface area (Å²) in [5, 5.41) is 3.41. The number of anilines is 1. The van der Waals surface area contributed by atoms with E-state index < -0.39 is 0 Å². The van der Waals surface area contributed by atoms with Gasteiger partial charge in [-0.25, -0.2) is 4.39 Å². The molecular weight excluding hydrogens is 237 g/mol. The minimum Gasteiger partial charge on any atom is -0.384 e. The van der Waals surface area contributed by atoms with Crippen molar-refractivity contribution in [2.75, 3.05) is 11.9 Å². The van der Waals surface area contributed by atoms with Crippen LogP contribution < -0.4 is 5.32 Å². The summed E-state index contributed by atoms with van der Waals surface area (Å²) >= 11 is 0. The normalized spacial score (nSPS) is 17.7. The molecule has 0 aromatic heterocycles. The van der Waals surface area contributed by atoms with Crippen LogP contribution in [-0.4, -0.2) is 6.54 Å². The van der Waals surface area contributed by atoms with Crippen molar-refractivity contribution in [1.29, 1.82) is 0 Å². The number of benzene rings is 2. The fourth-order valence-electron chi connectivity index (χ4n) is 3.09. The molecular formula is C17H18FN. The zero-order chi connectivity index (χ0) is 13.4. The van der Waals surface area contributed by atoms with Crippen LogP contribution in [0, 0.1) is 19.7 Å². The Balaban J connectivity index is 1.98. The van der Waals surface area contributed by atoms with Crippen LogP contribution in [0.25, 0.3) is 0 Å². The number of rotatable bonds is 1. The molecule has 1 unspecified atom stereocenters. The van der Waals surface area contributed by atoms with E-state index in [9.17, 15) is 4.39 Å². The van der Waals surface area contributed by atoms with E-state index >= 15 is 0 Å². The molecule has 19 heavy (non-hydrogen) atoms. The molecule has 98 valence electrons. The molecule has 0 radical (unpaired) electrons. The molecule has 1 aliphatic heterocycles. The van der Waals surface area contributed by atoms with Gasteiger partial charge in [0.25, 0.3) is 0 Å². The third kappa shape index (κ3) is 2.23. The molecule has 1 atom stereocenters. The van der Waals surface area contributed by atoms with Gasteiger partial charge in [0.15, 0.2) is 0 Å². The molecule has 2 heteroatoms. The number of fused-ring (bicyclic) bond motifs is 1. The fraction of sp³-hybridized carbons (Fsp3) is 0.294. The molecule has 2 aromatic rings. The quantitative estimate of drug-likeness (QED) is 0.805. The summed E-state index contributed by atoms with van der Waals surface area (Å²) in [5.74, 6) is 0.152. The topological polar surface area (TPSA) is 12.0 Å². The summed E-state index contributed by atoms with van der Waals surface area (Å²) in [6.07, 6.45) is 0.907. The summed E-state index contributed by atoms with van der Waals surface area (Å²) in [4.78, 5) is 0. The molecule has 3 rings (SSSR count). The number of nitrogens with one attached hydrogen (secondary N) is 1. The van der Waals surface area contributed by atoms with Crippen molar-refractivity contribution in [2.24, 2.45) is 0 Å². The van der Waals surface area contributed by atoms with E-state index in [1.807, 2.05) is 26.0 Å². The zero-order valence-corrected chi connectivity index (χ0v) is 11.3. The van der Waals surface area contributed by atoms with Crippen molar-refractivity contribution in [2.45, 2.75) is 26.2 Å². The van der Waals surface area contributed by atoms with Crippen LogP contribution in [0.1, 0.15) is 28.2 Å². The SMILES string of the molecule is Cc1cc(C)c(C2CNc3ccccc3C2)c(F)c1. The van der Waals surface area contributed by atoms with Crippen molar-refractivity contribution in [3.05, 3.63) is 64.5 Å². The largest absolute Gasteiger partial charge is 0.384 e. The van der Waals surface area contributed by atoms with E-state index in [-0.39, 0.29) is 11.7 Å². The maximum Gasteiger partial charge on any atom is 0.127 e. The molecule has 0 spiro atoms. The Bertz CT molecular complexity index is 595. The van der Waals surface area contributed by atoms with Crippen molar-refractivity contribution >= 4 is 5.69 Å². The van der Waals surface area contributed by atoms with Crippen LogP contribution in [0.5, 0.6) is 0 Å². The lowest BCUT2D eigenvalue weighted by Gasteiger charge is -2.28. The van der Waals surface area contributed by atoms with Crippen molar-refractivity contribution in [3.8, 4) is 0 Å². The molecule has 0 aliphatic carbocycles. The highest BCUT2D eigenvalue weighted by Crippen LogP contribution is 2.33. The van der Waals surface area contributed by atoms with E-state index in [0.29, 0.717) is 0 Å². The van der Waals surface area contributed by atoms with Gasteiger partial charge in [-0.05, 0) is 54.7 Å². The second kappa shape index (κ2) is 4.69. The van der Waals surface area contributed by atoms with Crippen molar-refractivity contribution < 1.29 is 4.39 Å². The second-order valence-electron chi connectivity index (χ2n) is 5.42. The van der Waals surface area contributed by atoms with Gasteiger partial charge in [0.1, 0.15) is 5.82 Å². The van der Waals surface area contributed by atoms with Crippen LogP contribution in [0.2, 0.25) is 0 Å². The Kier molecular flexibility index (Phi) is 3.02. The predicted octanol–water partition coefficient (Wildman–Crippen LogP) is 4.19. The first kappa shape index (κ1) is 12.2. The lowest BCUT2D eigenvalue weighted by atomic mass is 9.85. The Morgan fingerprint density at radius 1 is 1.16 bits per heavy atom. The summed E-state index contributed by atoms with van der Waals surface area (Å²) in [6, 6.07) is 12.0. The van der Waals surface area contributed by atoms with Crippen LogP contribution in [0.4, 0.5) is 10.1 Å². The molecule has 2 aromatic carbocycles. The molecule has 0 saturated carbocycles. The van der Waals surface area contributed by atoms with Crippen LogP contribution in [-0.2, 0) is 6.42 Å². The van der Waals surface area contributed by atoms with Gasteiger partial charge >= 0.3 is 0 Å². The summed E-state index contributed by atoms with van der Waals surface area (Å²) in [7, 11) is 0. The maximum absolute atomic E-state index is 14.2. The lowest BCUT2D eigenvalue weighted by molar-refractivity contribution is 0.572. The molecule has 0 amide bonds. The zero-order valence-electron chi connectivity index (χ0n) is 11.3. The Morgan fingerprint density at radius 2 is 1.95 bits per heavy atom. The highest BCUT2D eigenvalue weighted by atomic mass is 19.1. The van der Waals surface area contributed by atoms with Gasteiger partial charge in [-0.2, -0.15) is 0 Å². The van der Waals surface area contributed by atoms with E-state index in [2.05, 4.69) is 23.5 Å². The van der Waals surface area contributed by atoms with Crippen LogP contribution >= 0.6 is 0 Å². The molecule has 1 heterocycles. The van der Waals surface area contributed by atoms with Gasteiger partial charge in [-0.15, -0.1) is 0 Å². The van der Waals surface area contributed by atoms with Gasteiger partial charge in [-0.1, -0.05) is 24.3 Å². The van der Waals surface area contributed by atoms with E-state index in [4.69, 9.17) is 0 Å². The first-order chi connectivity index (χ1) is 9.15. The van der Waals surface area contributed by atoms with Gasteiger partial charge in [0.2, 0.25) is 0 Å². The van der Waals surface area contributed by atoms with Crippen molar-refractivity contribution in [1.82, 2.24) is 0 Å². The van der Waals surface area contributed by atoms with E-state index in [0.717, 1.165) is 29.7 Å². The van der Waals surface area contributed by atoms with Crippen LogP contribution in [0.15, 0.2) is 36.4 Å². The third-order valence-electron chi connectivity index (χ3n) is 3.91. The number of hydrogen-bond acceptors (Lipinski definition) is 1. The molecule has 0 fully saturated rings. The molecule has 0 saturated heterocycles. The predicted molar refractivity (Wildman–Crippen MR) is 77.3 cm³/mol. The first-order valence-corrected chi connectivity index (χ1v) is 6.73. The van der Waals surface area contributed by atoms with Crippen molar-refractivity contribution in [3.63, 3.8) is 0 Å². The number of aryl methyl sites for hydroxylation is 2. The Hall–Kier alpha value is -1.83. The highest BCUT2D eigenvalue weighted by molar-refractivity contribution is 5.55. The maximum atomic E-state index is 14.2. The van der Waals surface area contributed by atoms with Gasteiger partial charge in [0, 0.05) is 18.2 Å². The second-order valence-corrected chi connectivity index (χ2v) is 5.42. The molecule has 1 aliphatic rings.